The van der Waals surface area contributed by atoms with Gasteiger partial charge in [0.25, 0.3) is 5.56 Å². The molecule has 2 heterocycles. The number of carboxylic acid groups (broad SMARTS) is 1. The number of ether oxygens (including phenoxy) is 1. The average Bonchev–Trinajstić information content (AvgIpc) is 3.23. The van der Waals surface area contributed by atoms with Gasteiger partial charge in [0.1, 0.15) is 18.2 Å². The Bertz CT molecular complexity index is 1170. The minimum atomic E-state index is -0.973. The maximum absolute atomic E-state index is 12.4. The maximum atomic E-state index is 12.4. The number of hydrogen-bond donors (Lipinski definition) is 5. The average molecular weight is 422 g/mol. The van der Waals surface area contributed by atoms with Gasteiger partial charge in [-0.2, -0.15) is 0 Å². The Morgan fingerprint density at radius 2 is 1.84 bits per heavy atom. The SMILES string of the molecule is CN(C)CCOc1cc(-c2ccc(C(=O)O)cc2)ccc1-c1nc2c(c(=O)[nH]1)NNN2. The Kier molecular flexibility index (Phi) is 5.56. The molecule has 31 heavy (non-hydrogen) atoms. The van der Waals surface area contributed by atoms with Crippen LogP contribution in [0.2, 0.25) is 0 Å². The van der Waals surface area contributed by atoms with E-state index in [9.17, 15) is 9.59 Å². The van der Waals surface area contributed by atoms with Crippen LogP contribution in [0.4, 0.5) is 11.5 Å². The minimum Gasteiger partial charge on any atom is -0.491 e. The van der Waals surface area contributed by atoms with Crippen LogP contribution in [-0.2, 0) is 0 Å². The molecule has 0 saturated carbocycles. The molecular formula is C21H22N6O4. The van der Waals surface area contributed by atoms with Gasteiger partial charge in [-0.05, 0) is 49.5 Å². The van der Waals surface area contributed by atoms with Gasteiger partial charge in [-0.25, -0.2) is 9.78 Å². The number of H-pyrrole nitrogens is 1. The molecule has 3 aromatic rings. The second-order valence-electron chi connectivity index (χ2n) is 7.26. The molecule has 0 saturated heterocycles. The molecule has 2 aromatic carbocycles. The monoisotopic (exact) mass is 422 g/mol. The van der Waals surface area contributed by atoms with Crippen LogP contribution in [0.25, 0.3) is 22.5 Å². The number of hydrazine groups is 2. The van der Waals surface area contributed by atoms with Gasteiger partial charge in [0.05, 0.1) is 11.1 Å². The number of rotatable bonds is 7. The number of benzene rings is 2. The first-order valence-corrected chi connectivity index (χ1v) is 9.59. The van der Waals surface area contributed by atoms with E-state index in [1.165, 1.54) is 0 Å². The van der Waals surface area contributed by atoms with Crippen LogP contribution in [0.15, 0.2) is 47.3 Å². The Morgan fingerprint density at radius 1 is 1.10 bits per heavy atom. The Labute approximate surface area is 177 Å². The number of aromatic carboxylic acids is 1. The van der Waals surface area contributed by atoms with Crippen LogP contribution in [0.3, 0.4) is 0 Å². The molecule has 0 amide bonds. The smallest absolute Gasteiger partial charge is 0.335 e. The number of aromatic amines is 1. The number of anilines is 2. The molecule has 0 fully saturated rings. The number of aromatic nitrogens is 2. The normalized spacial score (nSPS) is 12.2. The number of carboxylic acids is 1. The molecule has 10 nitrogen and oxygen atoms in total. The Hall–Kier alpha value is -3.89. The molecule has 10 heteroatoms. The molecule has 4 rings (SSSR count). The Morgan fingerprint density at radius 3 is 2.55 bits per heavy atom. The van der Waals surface area contributed by atoms with Gasteiger partial charge in [-0.3, -0.25) is 15.6 Å². The third kappa shape index (κ3) is 4.34. The van der Waals surface area contributed by atoms with Gasteiger partial charge in [-0.1, -0.05) is 18.2 Å². The van der Waals surface area contributed by atoms with E-state index in [2.05, 4.69) is 26.4 Å². The second kappa shape index (κ2) is 8.46. The highest BCUT2D eigenvalue weighted by Gasteiger charge is 2.19. The number of hydrogen-bond acceptors (Lipinski definition) is 8. The lowest BCUT2D eigenvalue weighted by atomic mass is 10.0. The second-order valence-corrected chi connectivity index (χ2v) is 7.26. The van der Waals surface area contributed by atoms with Crippen molar-refractivity contribution in [2.45, 2.75) is 0 Å². The molecule has 1 aromatic heterocycles. The molecule has 0 unspecified atom stereocenters. The summed E-state index contributed by atoms with van der Waals surface area (Å²) in [7, 11) is 3.91. The van der Waals surface area contributed by atoms with Crippen LogP contribution >= 0.6 is 0 Å². The molecule has 0 aliphatic carbocycles. The highest BCUT2D eigenvalue weighted by molar-refractivity contribution is 5.88. The summed E-state index contributed by atoms with van der Waals surface area (Å²) in [5.74, 6) is 0.350. The van der Waals surface area contributed by atoms with Gasteiger partial charge in [0, 0.05) is 6.54 Å². The quantitative estimate of drug-likeness (QED) is 0.388. The van der Waals surface area contributed by atoms with Crippen molar-refractivity contribution in [3.8, 4) is 28.3 Å². The van der Waals surface area contributed by atoms with E-state index in [0.29, 0.717) is 41.8 Å². The van der Waals surface area contributed by atoms with Gasteiger partial charge in [0.15, 0.2) is 11.5 Å². The summed E-state index contributed by atoms with van der Waals surface area (Å²) in [6, 6.07) is 12.2. The van der Waals surface area contributed by atoms with Crippen LogP contribution in [0.5, 0.6) is 5.75 Å². The largest absolute Gasteiger partial charge is 0.491 e. The van der Waals surface area contributed by atoms with Crippen molar-refractivity contribution in [2.24, 2.45) is 0 Å². The summed E-state index contributed by atoms with van der Waals surface area (Å²) in [6.45, 7) is 1.15. The van der Waals surface area contributed by atoms with Crippen LogP contribution in [0, 0.1) is 0 Å². The van der Waals surface area contributed by atoms with E-state index in [-0.39, 0.29) is 11.1 Å². The summed E-state index contributed by atoms with van der Waals surface area (Å²) in [6.07, 6.45) is 0. The summed E-state index contributed by atoms with van der Waals surface area (Å²) in [5.41, 5.74) is 10.7. The highest BCUT2D eigenvalue weighted by Crippen LogP contribution is 2.34. The molecule has 0 atom stereocenters. The number of fused-ring (bicyclic) bond motifs is 1. The maximum Gasteiger partial charge on any atom is 0.335 e. The number of likely N-dealkylation sites (N-methyl/N-ethyl adjacent to an activating group) is 1. The van der Waals surface area contributed by atoms with Crippen molar-refractivity contribution in [1.82, 2.24) is 20.4 Å². The third-order valence-corrected chi connectivity index (χ3v) is 4.79. The zero-order valence-corrected chi connectivity index (χ0v) is 17.0. The van der Waals surface area contributed by atoms with Crippen molar-refractivity contribution in [3.05, 3.63) is 58.4 Å². The number of carbonyl (C=O) groups is 1. The van der Waals surface area contributed by atoms with Crippen LogP contribution in [-0.4, -0.2) is 53.2 Å². The number of nitrogens with zero attached hydrogens (tertiary/aromatic N) is 2. The lowest BCUT2D eigenvalue weighted by molar-refractivity contribution is 0.0697. The molecule has 0 bridgehead atoms. The molecule has 0 spiro atoms. The van der Waals surface area contributed by atoms with E-state index in [0.717, 1.165) is 11.1 Å². The standard InChI is InChI=1S/C21H22N6O4/c1-27(2)9-10-31-16-11-14(12-3-5-13(6-4-12)21(29)30)7-8-15(16)18-22-19-17(20(28)23-18)24-26-25-19/h3-8,11,24,26H,9-10H2,1-2H3,(H,29,30)(H2,22,23,25,28). The fourth-order valence-electron chi connectivity index (χ4n) is 3.12. The molecule has 0 radical (unpaired) electrons. The van der Waals surface area contributed by atoms with Crippen LogP contribution < -0.4 is 26.7 Å². The highest BCUT2D eigenvalue weighted by atomic mass is 16.5. The first kappa shape index (κ1) is 20.4. The lowest BCUT2D eigenvalue weighted by Crippen LogP contribution is -2.21. The van der Waals surface area contributed by atoms with E-state index in [1.807, 2.05) is 37.2 Å². The van der Waals surface area contributed by atoms with Crippen molar-refractivity contribution in [1.29, 1.82) is 0 Å². The van der Waals surface area contributed by atoms with Gasteiger partial charge >= 0.3 is 5.97 Å². The minimum absolute atomic E-state index is 0.220. The van der Waals surface area contributed by atoms with Gasteiger partial charge < -0.3 is 19.7 Å². The van der Waals surface area contributed by atoms with Crippen LogP contribution in [0.1, 0.15) is 10.4 Å². The summed E-state index contributed by atoms with van der Waals surface area (Å²) in [4.78, 5) is 32.7. The van der Waals surface area contributed by atoms with E-state index in [1.54, 1.807) is 24.3 Å². The first-order chi connectivity index (χ1) is 14.9. The zero-order valence-electron chi connectivity index (χ0n) is 17.0. The third-order valence-electron chi connectivity index (χ3n) is 4.79. The molecule has 1 aliphatic rings. The van der Waals surface area contributed by atoms with Crippen molar-refractivity contribution >= 4 is 17.5 Å². The van der Waals surface area contributed by atoms with Crippen molar-refractivity contribution in [2.75, 3.05) is 38.1 Å². The molecule has 1 aliphatic heterocycles. The predicted molar refractivity (Wildman–Crippen MR) is 117 cm³/mol. The van der Waals surface area contributed by atoms with E-state index in [4.69, 9.17) is 9.84 Å². The molecular weight excluding hydrogens is 400 g/mol. The zero-order chi connectivity index (χ0) is 22.0. The van der Waals surface area contributed by atoms with E-state index < -0.39 is 5.97 Å². The van der Waals surface area contributed by atoms with Crippen molar-refractivity contribution in [3.63, 3.8) is 0 Å². The summed E-state index contributed by atoms with van der Waals surface area (Å²) >= 11 is 0. The molecule has 160 valence electrons. The lowest BCUT2D eigenvalue weighted by Gasteiger charge is -2.15. The summed E-state index contributed by atoms with van der Waals surface area (Å²) < 4.78 is 6.04. The first-order valence-electron chi connectivity index (χ1n) is 9.59. The molecule has 5 N–H and O–H groups in total. The number of nitrogens with one attached hydrogen (secondary N) is 4. The van der Waals surface area contributed by atoms with Gasteiger partial charge in [-0.15, -0.1) is 5.53 Å². The Balaban J connectivity index is 1.73. The predicted octanol–water partition coefficient (Wildman–Crippen LogP) is 2.00. The fraction of sp³-hybridized carbons (Fsp3) is 0.190. The van der Waals surface area contributed by atoms with Crippen molar-refractivity contribution < 1.29 is 14.6 Å². The fourth-order valence-corrected chi connectivity index (χ4v) is 3.12. The van der Waals surface area contributed by atoms with E-state index >= 15 is 0 Å². The topological polar surface area (TPSA) is 132 Å². The summed E-state index contributed by atoms with van der Waals surface area (Å²) in [5, 5.41) is 9.11. The van der Waals surface area contributed by atoms with Gasteiger partial charge in [0.2, 0.25) is 0 Å².